The Morgan fingerprint density at radius 1 is 1.12 bits per heavy atom. The van der Waals surface area contributed by atoms with Crippen molar-refractivity contribution >= 4 is 23.3 Å². The van der Waals surface area contributed by atoms with Crippen molar-refractivity contribution in [2.75, 3.05) is 24.7 Å². The van der Waals surface area contributed by atoms with Crippen LogP contribution in [0.15, 0.2) is 67.0 Å². The highest BCUT2D eigenvalue weighted by Gasteiger charge is 2.28. The largest absolute Gasteiger partial charge is 0.485 e. The number of amides is 2. The number of hydrogen-bond donors (Lipinski definition) is 1. The van der Waals surface area contributed by atoms with Gasteiger partial charge in [-0.15, -0.1) is 0 Å². The van der Waals surface area contributed by atoms with E-state index in [-0.39, 0.29) is 37.4 Å². The maximum absolute atomic E-state index is 12.7. The molecule has 0 saturated carbocycles. The number of ether oxygens (including phenoxy) is 2. The summed E-state index contributed by atoms with van der Waals surface area (Å²) in [5, 5.41) is 2.79. The number of carbonyl (C=O) groups is 3. The lowest BCUT2D eigenvalue weighted by atomic mass is 10.1. The summed E-state index contributed by atoms with van der Waals surface area (Å²) in [6.45, 7) is 1.72. The van der Waals surface area contributed by atoms with Crippen molar-refractivity contribution in [3.8, 4) is 11.5 Å². The van der Waals surface area contributed by atoms with Crippen LogP contribution in [-0.2, 0) is 16.1 Å². The molecule has 0 saturated heterocycles. The molecule has 8 heteroatoms. The summed E-state index contributed by atoms with van der Waals surface area (Å²) in [7, 11) is 0. The number of carbonyl (C=O) groups excluding carboxylic acids is 3. The maximum Gasteiger partial charge on any atom is 0.265 e. The van der Waals surface area contributed by atoms with Crippen LogP contribution in [0.1, 0.15) is 21.5 Å². The fourth-order valence-corrected chi connectivity index (χ4v) is 3.39. The van der Waals surface area contributed by atoms with Crippen LogP contribution in [0.4, 0.5) is 5.69 Å². The molecule has 0 spiro atoms. The Morgan fingerprint density at radius 3 is 2.70 bits per heavy atom. The number of anilines is 1. The predicted molar refractivity (Wildman–Crippen MR) is 121 cm³/mol. The number of ketones is 1. The molecule has 0 fully saturated rings. The van der Waals surface area contributed by atoms with E-state index in [1.54, 1.807) is 48.8 Å². The first-order valence-electron chi connectivity index (χ1n) is 10.5. The Bertz CT molecular complexity index is 1180. The summed E-state index contributed by atoms with van der Waals surface area (Å²) in [6.07, 6.45) is 3.29. The Labute approximate surface area is 191 Å². The molecule has 3 aromatic rings. The highest BCUT2D eigenvalue weighted by Crippen LogP contribution is 2.33. The van der Waals surface area contributed by atoms with Gasteiger partial charge in [0.25, 0.3) is 5.91 Å². The van der Waals surface area contributed by atoms with Gasteiger partial charge in [-0.25, -0.2) is 0 Å². The predicted octanol–water partition coefficient (Wildman–Crippen LogP) is 2.69. The zero-order valence-electron chi connectivity index (χ0n) is 18.1. The van der Waals surface area contributed by atoms with Crippen LogP contribution in [0.2, 0.25) is 0 Å². The van der Waals surface area contributed by atoms with Gasteiger partial charge >= 0.3 is 0 Å². The molecule has 1 N–H and O–H groups in total. The number of hydrogen-bond acceptors (Lipinski definition) is 6. The number of Topliss-reactive ketones (excluding diaryl/α,β-unsaturated/α-hetero) is 1. The second kappa shape index (κ2) is 9.95. The number of rotatable bonds is 8. The van der Waals surface area contributed by atoms with Gasteiger partial charge in [0.2, 0.25) is 5.91 Å². The molecule has 0 atom stereocenters. The summed E-state index contributed by atoms with van der Waals surface area (Å²) in [5.41, 5.74) is 2.57. The number of nitrogens with zero attached hydrogens (tertiary/aromatic N) is 2. The number of pyridine rings is 1. The zero-order valence-corrected chi connectivity index (χ0v) is 18.1. The van der Waals surface area contributed by atoms with Gasteiger partial charge in [0.1, 0.15) is 18.0 Å². The van der Waals surface area contributed by atoms with Crippen molar-refractivity contribution in [2.24, 2.45) is 0 Å². The monoisotopic (exact) mass is 445 g/mol. The molecule has 33 heavy (non-hydrogen) atoms. The highest BCUT2D eigenvalue weighted by molar-refractivity contribution is 6.04. The summed E-state index contributed by atoms with van der Waals surface area (Å²) < 4.78 is 11.1. The minimum Gasteiger partial charge on any atom is -0.485 e. The van der Waals surface area contributed by atoms with Crippen molar-refractivity contribution in [2.45, 2.75) is 13.5 Å². The topological polar surface area (TPSA) is 97.8 Å². The van der Waals surface area contributed by atoms with Crippen LogP contribution >= 0.6 is 0 Å². The third kappa shape index (κ3) is 5.35. The standard InChI is InChI=1S/C25H23N3O5/c1-17-4-2-3-5-22(17)32-15-21(29)19-6-7-23-20(12-19)28(25(31)16-33-23)14-24(30)27-13-18-8-10-26-11-9-18/h2-12H,13-16H2,1H3,(H,27,30). The molecule has 0 bridgehead atoms. The van der Waals surface area contributed by atoms with E-state index in [4.69, 9.17) is 9.47 Å². The number of aromatic nitrogens is 1. The molecule has 168 valence electrons. The molecular formula is C25H23N3O5. The normalized spacial score (nSPS) is 12.5. The lowest BCUT2D eigenvalue weighted by molar-refractivity contribution is -0.125. The molecular weight excluding hydrogens is 422 g/mol. The van der Waals surface area contributed by atoms with Gasteiger partial charge in [-0.3, -0.25) is 24.3 Å². The molecule has 0 radical (unpaired) electrons. The van der Waals surface area contributed by atoms with Gasteiger partial charge in [-0.2, -0.15) is 0 Å². The van der Waals surface area contributed by atoms with E-state index in [0.29, 0.717) is 29.3 Å². The van der Waals surface area contributed by atoms with E-state index in [1.807, 2.05) is 25.1 Å². The summed E-state index contributed by atoms with van der Waals surface area (Å²) in [6, 6.07) is 15.8. The van der Waals surface area contributed by atoms with Crippen LogP contribution in [0.25, 0.3) is 0 Å². The van der Waals surface area contributed by atoms with Crippen molar-refractivity contribution in [3.05, 3.63) is 83.7 Å². The van der Waals surface area contributed by atoms with E-state index < -0.39 is 0 Å². The summed E-state index contributed by atoms with van der Waals surface area (Å²) >= 11 is 0. The van der Waals surface area contributed by atoms with Crippen LogP contribution in [0.5, 0.6) is 11.5 Å². The molecule has 1 aliphatic rings. The van der Waals surface area contributed by atoms with E-state index >= 15 is 0 Å². The molecule has 1 aliphatic heterocycles. The number of benzene rings is 2. The summed E-state index contributed by atoms with van der Waals surface area (Å²) in [5.74, 6) is 0.138. The Kier molecular flexibility index (Phi) is 6.64. The Balaban J connectivity index is 1.45. The van der Waals surface area contributed by atoms with E-state index in [1.165, 1.54) is 4.90 Å². The van der Waals surface area contributed by atoms with Crippen LogP contribution in [-0.4, -0.2) is 42.3 Å². The van der Waals surface area contributed by atoms with Gasteiger partial charge in [-0.1, -0.05) is 18.2 Å². The van der Waals surface area contributed by atoms with E-state index in [0.717, 1.165) is 11.1 Å². The number of aryl methyl sites for hydroxylation is 1. The average molecular weight is 445 g/mol. The molecule has 2 aromatic carbocycles. The molecule has 0 aliphatic carbocycles. The van der Waals surface area contributed by atoms with Crippen molar-refractivity contribution in [1.29, 1.82) is 0 Å². The fraction of sp³-hybridized carbons (Fsp3) is 0.200. The minimum atomic E-state index is -0.359. The Morgan fingerprint density at radius 2 is 1.91 bits per heavy atom. The number of nitrogens with one attached hydrogen (secondary N) is 1. The van der Waals surface area contributed by atoms with Crippen LogP contribution in [0.3, 0.4) is 0 Å². The fourth-order valence-electron chi connectivity index (χ4n) is 3.39. The summed E-state index contributed by atoms with van der Waals surface area (Å²) in [4.78, 5) is 43.0. The zero-order chi connectivity index (χ0) is 23.2. The highest BCUT2D eigenvalue weighted by atomic mass is 16.5. The first-order valence-corrected chi connectivity index (χ1v) is 10.5. The lowest BCUT2D eigenvalue weighted by Crippen LogP contribution is -2.45. The second-order valence-electron chi connectivity index (χ2n) is 7.56. The third-order valence-electron chi connectivity index (χ3n) is 5.22. The van der Waals surface area contributed by atoms with Gasteiger partial charge in [0.05, 0.1) is 5.69 Å². The number of fused-ring (bicyclic) bond motifs is 1. The van der Waals surface area contributed by atoms with Crippen LogP contribution in [0, 0.1) is 6.92 Å². The number of para-hydroxylation sites is 1. The second-order valence-corrected chi connectivity index (χ2v) is 7.56. The first-order chi connectivity index (χ1) is 16.0. The molecule has 4 rings (SSSR count). The molecule has 1 aromatic heterocycles. The van der Waals surface area contributed by atoms with Gasteiger partial charge in [0.15, 0.2) is 19.0 Å². The maximum atomic E-state index is 12.7. The van der Waals surface area contributed by atoms with Crippen molar-refractivity contribution in [1.82, 2.24) is 10.3 Å². The van der Waals surface area contributed by atoms with Crippen molar-refractivity contribution in [3.63, 3.8) is 0 Å². The molecule has 2 heterocycles. The van der Waals surface area contributed by atoms with Gasteiger partial charge in [0, 0.05) is 24.5 Å². The lowest BCUT2D eigenvalue weighted by Gasteiger charge is -2.29. The average Bonchev–Trinajstić information content (AvgIpc) is 2.84. The molecule has 8 nitrogen and oxygen atoms in total. The van der Waals surface area contributed by atoms with E-state index in [2.05, 4.69) is 10.3 Å². The molecule has 2 amide bonds. The van der Waals surface area contributed by atoms with Gasteiger partial charge < -0.3 is 14.8 Å². The SMILES string of the molecule is Cc1ccccc1OCC(=O)c1ccc2c(c1)N(CC(=O)NCc1ccncc1)C(=O)CO2. The first kappa shape index (κ1) is 22.0. The Hall–Kier alpha value is -4.20. The minimum absolute atomic E-state index is 0.148. The smallest absolute Gasteiger partial charge is 0.265 e. The van der Waals surface area contributed by atoms with Crippen molar-refractivity contribution < 1.29 is 23.9 Å². The van der Waals surface area contributed by atoms with Gasteiger partial charge in [-0.05, 0) is 54.4 Å². The van der Waals surface area contributed by atoms with Crippen LogP contribution < -0.4 is 19.7 Å². The molecule has 0 unspecified atom stereocenters. The van der Waals surface area contributed by atoms with E-state index in [9.17, 15) is 14.4 Å². The quantitative estimate of drug-likeness (QED) is 0.536. The third-order valence-corrected chi connectivity index (χ3v) is 5.22.